The Morgan fingerprint density at radius 2 is 1.83 bits per heavy atom. The van der Waals surface area contributed by atoms with E-state index in [0.717, 1.165) is 31.1 Å². The van der Waals surface area contributed by atoms with E-state index >= 15 is 0 Å². The highest BCUT2D eigenvalue weighted by molar-refractivity contribution is 5.52. The number of anilines is 1. The number of nitrogens with one attached hydrogen (secondary N) is 2. The van der Waals surface area contributed by atoms with Crippen molar-refractivity contribution in [1.29, 1.82) is 0 Å². The number of hydrogen-bond acceptors (Lipinski definition) is 3. The molecule has 1 atom stereocenters. The molecule has 2 aromatic carbocycles. The molecular formula is C22H24F3N3O. The minimum Gasteiger partial charge on any atom is -0.494 e. The highest BCUT2D eigenvalue weighted by Gasteiger charge is 2.35. The largest absolute Gasteiger partial charge is 0.494 e. The number of hydrogen-bond donors (Lipinski definition) is 2. The van der Waals surface area contributed by atoms with Crippen LogP contribution in [0, 0.1) is 0 Å². The first kappa shape index (κ1) is 20.8. The van der Waals surface area contributed by atoms with Crippen LogP contribution in [0.3, 0.4) is 0 Å². The number of benzene rings is 2. The summed E-state index contributed by atoms with van der Waals surface area (Å²) in [6, 6.07) is 12.1. The Morgan fingerprint density at radius 3 is 2.48 bits per heavy atom. The smallest absolute Gasteiger partial charge is 0.416 e. The van der Waals surface area contributed by atoms with Gasteiger partial charge in [0.05, 0.1) is 24.4 Å². The van der Waals surface area contributed by atoms with Gasteiger partial charge >= 0.3 is 6.18 Å². The van der Waals surface area contributed by atoms with Gasteiger partial charge < -0.3 is 10.1 Å². The Hall–Kier alpha value is -2.96. The van der Waals surface area contributed by atoms with Gasteiger partial charge in [0.1, 0.15) is 5.75 Å². The van der Waals surface area contributed by atoms with Gasteiger partial charge in [0.2, 0.25) is 0 Å². The minimum atomic E-state index is -4.45. The van der Waals surface area contributed by atoms with Crippen LogP contribution in [-0.2, 0) is 6.18 Å². The molecule has 0 saturated carbocycles. The number of H-pyrrole nitrogens is 1. The molecule has 1 unspecified atom stereocenters. The van der Waals surface area contributed by atoms with Crippen LogP contribution in [0.4, 0.5) is 18.9 Å². The summed E-state index contributed by atoms with van der Waals surface area (Å²) in [5, 5.41) is 9.77. The third kappa shape index (κ3) is 5.53. The first-order valence-electron chi connectivity index (χ1n) is 9.63. The Bertz CT molecular complexity index is 877. The molecule has 4 nitrogen and oxygen atoms in total. The van der Waals surface area contributed by atoms with Crippen molar-refractivity contribution < 1.29 is 17.9 Å². The number of rotatable bonds is 9. The Labute approximate surface area is 168 Å². The molecule has 0 aliphatic heterocycles. The molecule has 0 saturated heterocycles. The average Bonchev–Trinajstić information content (AvgIpc) is 3.24. The molecule has 29 heavy (non-hydrogen) atoms. The summed E-state index contributed by atoms with van der Waals surface area (Å²) in [6.45, 7) is 2.78. The number of aromatic amines is 1. The van der Waals surface area contributed by atoms with Crippen LogP contribution in [0.5, 0.6) is 5.75 Å². The molecule has 0 spiro atoms. The summed E-state index contributed by atoms with van der Waals surface area (Å²) in [6.07, 6.45) is 1.90. The van der Waals surface area contributed by atoms with Crippen LogP contribution in [0.25, 0.3) is 0 Å². The van der Waals surface area contributed by atoms with Crippen LogP contribution in [0.15, 0.2) is 60.9 Å². The number of unbranched alkanes of at least 4 members (excludes halogenated alkanes) is 2. The lowest BCUT2D eigenvalue weighted by Crippen LogP contribution is -2.18. The summed E-state index contributed by atoms with van der Waals surface area (Å²) in [4.78, 5) is 0. The number of nitrogens with zero attached hydrogens (tertiary/aromatic N) is 1. The highest BCUT2D eigenvalue weighted by Crippen LogP contribution is 2.37. The van der Waals surface area contributed by atoms with Crippen molar-refractivity contribution >= 4 is 5.69 Å². The zero-order chi connectivity index (χ0) is 20.7. The maximum Gasteiger partial charge on any atom is 0.416 e. The molecule has 0 aliphatic carbocycles. The fraction of sp³-hybridized carbons (Fsp3) is 0.318. The maximum atomic E-state index is 13.5. The van der Waals surface area contributed by atoms with Crippen LogP contribution in [-0.4, -0.2) is 16.8 Å². The van der Waals surface area contributed by atoms with Gasteiger partial charge in [-0.1, -0.05) is 38.0 Å². The fourth-order valence-corrected chi connectivity index (χ4v) is 3.12. The molecule has 154 valence electrons. The fourth-order valence-electron chi connectivity index (χ4n) is 3.12. The first-order valence-corrected chi connectivity index (χ1v) is 9.63. The van der Waals surface area contributed by atoms with Gasteiger partial charge in [-0.3, -0.25) is 5.10 Å². The Balaban J connectivity index is 1.82. The summed E-state index contributed by atoms with van der Waals surface area (Å²) < 4.78 is 46.3. The molecule has 3 aromatic rings. The zero-order valence-electron chi connectivity index (χ0n) is 16.2. The number of halogens is 3. The van der Waals surface area contributed by atoms with E-state index in [-0.39, 0.29) is 5.56 Å². The third-order valence-electron chi connectivity index (χ3n) is 4.61. The molecule has 0 bridgehead atoms. The van der Waals surface area contributed by atoms with E-state index < -0.39 is 17.8 Å². The molecule has 1 aromatic heterocycles. The average molecular weight is 403 g/mol. The normalized spacial score (nSPS) is 12.6. The van der Waals surface area contributed by atoms with Gasteiger partial charge in [-0.15, -0.1) is 0 Å². The zero-order valence-corrected chi connectivity index (χ0v) is 16.2. The quantitative estimate of drug-likeness (QED) is 0.418. The van der Waals surface area contributed by atoms with Crippen LogP contribution in [0.1, 0.15) is 48.9 Å². The van der Waals surface area contributed by atoms with Gasteiger partial charge in [0, 0.05) is 17.4 Å². The topological polar surface area (TPSA) is 49.9 Å². The summed E-state index contributed by atoms with van der Waals surface area (Å²) >= 11 is 0. The Morgan fingerprint density at radius 1 is 1.07 bits per heavy atom. The van der Waals surface area contributed by atoms with Crippen molar-refractivity contribution in [3.63, 3.8) is 0 Å². The van der Waals surface area contributed by atoms with Crippen LogP contribution in [0.2, 0.25) is 0 Å². The van der Waals surface area contributed by atoms with Crippen molar-refractivity contribution in [1.82, 2.24) is 10.2 Å². The van der Waals surface area contributed by atoms with E-state index in [4.69, 9.17) is 4.74 Å². The molecule has 0 fully saturated rings. The molecule has 7 heteroatoms. The second kappa shape index (κ2) is 9.49. The highest BCUT2D eigenvalue weighted by atomic mass is 19.4. The predicted octanol–water partition coefficient (Wildman–Crippen LogP) is 6.20. The van der Waals surface area contributed by atoms with Crippen molar-refractivity contribution in [2.45, 2.75) is 38.4 Å². The van der Waals surface area contributed by atoms with E-state index in [0.29, 0.717) is 17.9 Å². The monoisotopic (exact) mass is 403 g/mol. The maximum absolute atomic E-state index is 13.5. The van der Waals surface area contributed by atoms with E-state index in [1.165, 1.54) is 18.3 Å². The lowest BCUT2D eigenvalue weighted by molar-refractivity contribution is -0.138. The summed E-state index contributed by atoms with van der Waals surface area (Å²) in [7, 11) is 0. The lowest BCUT2D eigenvalue weighted by Gasteiger charge is -2.23. The molecule has 1 heterocycles. The van der Waals surface area contributed by atoms with Crippen molar-refractivity contribution in [3.8, 4) is 5.75 Å². The second-order valence-electron chi connectivity index (χ2n) is 6.77. The lowest BCUT2D eigenvalue weighted by atomic mass is 9.95. The number of alkyl halides is 3. The molecule has 0 amide bonds. The number of ether oxygens (including phenoxy) is 1. The van der Waals surface area contributed by atoms with Gasteiger partial charge in [0.25, 0.3) is 0 Å². The van der Waals surface area contributed by atoms with E-state index in [1.807, 2.05) is 12.1 Å². The van der Waals surface area contributed by atoms with Crippen molar-refractivity contribution in [2.24, 2.45) is 0 Å². The van der Waals surface area contributed by atoms with Gasteiger partial charge in [-0.2, -0.15) is 18.3 Å². The molecule has 3 rings (SSSR count). The van der Waals surface area contributed by atoms with Crippen LogP contribution < -0.4 is 10.1 Å². The minimum absolute atomic E-state index is 0.140. The standard InChI is InChI=1S/C22H24F3N3O/c1-2-3-6-13-29-18-11-9-17(10-12-18)28-21(16-14-26-27-15-16)19-7-4-5-8-20(19)22(23,24)25/h4-5,7-12,14-15,21,28H,2-3,6,13H2,1H3,(H,26,27). The van der Waals surface area contributed by atoms with Gasteiger partial charge in [-0.25, -0.2) is 0 Å². The molecule has 0 aliphatic rings. The Kier molecular flexibility index (Phi) is 6.80. The van der Waals surface area contributed by atoms with Crippen molar-refractivity contribution in [3.05, 3.63) is 77.6 Å². The van der Waals surface area contributed by atoms with Crippen LogP contribution >= 0.6 is 0 Å². The van der Waals surface area contributed by atoms with E-state index in [2.05, 4.69) is 22.4 Å². The SMILES string of the molecule is CCCCCOc1ccc(NC(c2cn[nH]c2)c2ccccc2C(F)(F)F)cc1. The third-order valence-corrected chi connectivity index (χ3v) is 4.61. The summed E-state index contributed by atoms with van der Waals surface area (Å²) in [5.74, 6) is 0.738. The van der Waals surface area contributed by atoms with E-state index in [1.54, 1.807) is 24.4 Å². The summed E-state index contributed by atoms with van der Waals surface area (Å²) in [5.41, 5.74) is 0.770. The molecular weight excluding hydrogens is 379 g/mol. The second-order valence-corrected chi connectivity index (χ2v) is 6.77. The molecule has 0 radical (unpaired) electrons. The molecule has 2 N–H and O–H groups in total. The van der Waals surface area contributed by atoms with Gasteiger partial charge in [-0.05, 0) is 42.3 Å². The van der Waals surface area contributed by atoms with E-state index in [9.17, 15) is 13.2 Å². The predicted molar refractivity (Wildman–Crippen MR) is 107 cm³/mol. The van der Waals surface area contributed by atoms with Gasteiger partial charge in [0.15, 0.2) is 0 Å². The van der Waals surface area contributed by atoms with Crippen molar-refractivity contribution in [2.75, 3.05) is 11.9 Å². The number of aromatic nitrogens is 2. The first-order chi connectivity index (χ1) is 14.0.